The lowest BCUT2D eigenvalue weighted by Crippen LogP contribution is -2.15. The van der Waals surface area contributed by atoms with Crippen molar-refractivity contribution in [1.82, 2.24) is 14.8 Å². The lowest BCUT2D eigenvalue weighted by molar-refractivity contribution is 0.0476. The summed E-state index contributed by atoms with van der Waals surface area (Å²) >= 11 is 0. The fraction of sp³-hybridized carbons (Fsp3) is 0.200. The van der Waals surface area contributed by atoms with Crippen molar-refractivity contribution in [2.75, 3.05) is 13.7 Å². The molecule has 0 unspecified atom stereocenters. The van der Waals surface area contributed by atoms with Crippen molar-refractivity contribution >= 4 is 22.8 Å². The summed E-state index contributed by atoms with van der Waals surface area (Å²) in [6.45, 7) is 3.61. The van der Waals surface area contributed by atoms with E-state index in [9.17, 15) is 9.59 Å². The van der Waals surface area contributed by atoms with Crippen LogP contribution in [0.2, 0.25) is 0 Å². The molecule has 0 bridgehead atoms. The van der Waals surface area contributed by atoms with Gasteiger partial charge in [-0.15, -0.1) is 0 Å². The highest BCUT2D eigenvalue weighted by Gasteiger charge is 2.20. The van der Waals surface area contributed by atoms with Crippen molar-refractivity contribution in [1.29, 1.82) is 0 Å². The summed E-state index contributed by atoms with van der Waals surface area (Å²) in [5, 5.41) is 4.98. The topological polar surface area (TPSA) is 83.3 Å². The summed E-state index contributed by atoms with van der Waals surface area (Å²) < 4.78 is 12.3. The Labute approximate surface area is 185 Å². The van der Waals surface area contributed by atoms with E-state index in [0.717, 1.165) is 5.56 Å². The smallest absolute Gasteiger partial charge is 0.339 e. The Hall–Kier alpha value is -4.00. The number of esters is 1. The maximum absolute atomic E-state index is 13.0. The van der Waals surface area contributed by atoms with Crippen LogP contribution in [0.15, 0.2) is 66.9 Å². The van der Waals surface area contributed by atoms with Gasteiger partial charge in [-0.25, -0.2) is 14.5 Å². The average molecular weight is 429 g/mol. The molecule has 4 aromatic rings. The van der Waals surface area contributed by atoms with Crippen molar-refractivity contribution in [2.24, 2.45) is 0 Å². The zero-order chi connectivity index (χ0) is 22.7. The highest BCUT2D eigenvalue weighted by molar-refractivity contribution is 6.05. The predicted molar refractivity (Wildman–Crippen MR) is 121 cm³/mol. The molecule has 0 atom stereocenters. The number of nitrogens with zero attached hydrogens (tertiary/aromatic N) is 3. The minimum absolute atomic E-state index is 0.0598. The SMILES string of the molecule is COc1cccc(C(=O)COC(=O)c2cc(-c3ccccc3)nc3c2cnn3C(C)C)c1. The Morgan fingerprint density at radius 1 is 1.03 bits per heavy atom. The molecule has 2 aromatic carbocycles. The van der Waals surface area contributed by atoms with Gasteiger partial charge in [0.1, 0.15) is 5.75 Å². The molecule has 0 aliphatic heterocycles. The van der Waals surface area contributed by atoms with E-state index in [-0.39, 0.29) is 18.4 Å². The molecule has 0 aliphatic carbocycles. The molecule has 0 aliphatic rings. The minimum atomic E-state index is -0.603. The fourth-order valence-electron chi connectivity index (χ4n) is 3.41. The number of benzene rings is 2. The normalized spacial score (nSPS) is 11.0. The van der Waals surface area contributed by atoms with E-state index in [1.807, 2.05) is 44.2 Å². The standard InChI is InChI=1S/C25H23N3O4/c1-16(2)28-24-21(14-26-28)20(13-22(27-24)17-8-5-4-6-9-17)25(30)32-15-23(29)18-10-7-11-19(12-18)31-3/h4-14,16H,15H2,1-3H3. The van der Waals surface area contributed by atoms with E-state index in [4.69, 9.17) is 14.5 Å². The monoisotopic (exact) mass is 429 g/mol. The second-order valence-corrected chi connectivity index (χ2v) is 7.57. The van der Waals surface area contributed by atoms with Crippen molar-refractivity contribution < 1.29 is 19.1 Å². The third-order valence-electron chi connectivity index (χ3n) is 5.07. The van der Waals surface area contributed by atoms with E-state index in [2.05, 4.69) is 5.10 Å². The van der Waals surface area contributed by atoms with Crippen molar-refractivity contribution in [3.63, 3.8) is 0 Å². The maximum Gasteiger partial charge on any atom is 0.339 e. The Balaban J connectivity index is 1.66. The van der Waals surface area contributed by atoms with Gasteiger partial charge in [0.2, 0.25) is 0 Å². The number of hydrogen-bond donors (Lipinski definition) is 0. The summed E-state index contributed by atoms with van der Waals surface area (Å²) in [6, 6.07) is 18.0. The van der Waals surface area contributed by atoms with E-state index >= 15 is 0 Å². The Bertz CT molecular complexity index is 1280. The molecule has 0 amide bonds. The molecule has 7 nitrogen and oxygen atoms in total. The van der Waals surface area contributed by atoms with Gasteiger partial charge in [0.25, 0.3) is 0 Å². The average Bonchev–Trinajstić information content (AvgIpc) is 3.26. The molecule has 7 heteroatoms. The van der Waals surface area contributed by atoms with Gasteiger partial charge in [0, 0.05) is 17.2 Å². The lowest BCUT2D eigenvalue weighted by Gasteiger charge is -2.11. The lowest BCUT2D eigenvalue weighted by atomic mass is 10.1. The van der Waals surface area contributed by atoms with E-state index in [0.29, 0.717) is 33.6 Å². The molecule has 0 N–H and O–H groups in total. The molecular formula is C25H23N3O4. The number of Topliss-reactive ketones (excluding diaryl/α,β-unsaturated/α-hetero) is 1. The number of carbonyl (C=O) groups is 2. The molecule has 162 valence electrons. The Morgan fingerprint density at radius 3 is 2.53 bits per heavy atom. The fourth-order valence-corrected chi connectivity index (χ4v) is 3.41. The molecular weight excluding hydrogens is 406 g/mol. The zero-order valence-corrected chi connectivity index (χ0v) is 18.1. The first-order valence-corrected chi connectivity index (χ1v) is 10.3. The molecule has 0 saturated heterocycles. The molecule has 0 radical (unpaired) electrons. The quantitative estimate of drug-likeness (QED) is 0.312. The number of hydrogen-bond acceptors (Lipinski definition) is 6. The van der Waals surface area contributed by atoms with Gasteiger partial charge < -0.3 is 9.47 Å². The highest BCUT2D eigenvalue weighted by Crippen LogP contribution is 2.27. The molecule has 0 fully saturated rings. The van der Waals surface area contributed by atoms with E-state index in [1.54, 1.807) is 41.2 Å². The van der Waals surface area contributed by atoms with E-state index in [1.165, 1.54) is 7.11 Å². The molecule has 0 spiro atoms. The summed E-state index contributed by atoms with van der Waals surface area (Å²) in [5.74, 6) is -0.357. The molecule has 4 rings (SSSR count). The van der Waals surface area contributed by atoms with Crippen LogP contribution in [-0.4, -0.2) is 40.2 Å². The van der Waals surface area contributed by atoms with Gasteiger partial charge >= 0.3 is 5.97 Å². The van der Waals surface area contributed by atoms with Crippen molar-refractivity contribution in [3.8, 4) is 17.0 Å². The van der Waals surface area contributed by atoms with Crippen molar-refractivity contribution in [3.05, 3.63) is 78.0 Å². The number of methoxy groups -OCH3 is 1. The van der Waals surface area contributed by atoms with Crippen LogP contribution in [0.5, 0.6) is 5.75 Å². The maximum atomic E-state index is 13.0. The van der Waals surface area contributed by atoms with Crippen LogP contribution >= 0.6 is 0 Å². The van der Waals surface area contributed by atoms with Crippen LogP contribution in [0.1, 0.15) is 40.6 Å². The molecule has 2 aromatic heterocycles. The second-order valence-electron chi connectivity index (χ2n) is 7.57. The first-order valence-electron chi connectivity index (χ1n) is 10.3. The van der Waals surface area contributed by atoms with Crippen LogP contribution in [0.4, 0.5) is 0 Å². The van der Waals surface area contributed by atoms with Gasteiger partial charge in [-0.3, -0.25) is 4.79 Å². The van der Waals surface area contributed by atoms with E-state index < -0.39 is 5.97 Å². The molecule has 32 heavy (non-hydrogen) atoms. The number of rotatable bonds is 7. The van der Waals surface area contributed by atoms with Gasteiger partial charge in [-0.05, 0) is 32.0 Å². The minimum Gasteiger partial charge on any atom is -0.497 e. The van der Waals surface area contributed by atoms with Crippen LogP contribution in [0, 0.1) is 0 Å². The zero-order valence-electron chi connectivity index (χ0n) is 18.1. The van der Waals surface area contributed by atoms with Crippen LogP contribution in [0.25, 0.3) is 22.3 Å². The first kappa shape index (κ1) is 21.2. The Morgan fingerprint density at radius 2 is 1.81 bits per heavy atom. The van der Waals surface area contributed by atoms with Gasteiger partial charge in [-0.1, -0.05) is 42.5 Å². The highest BCUT2D eigenvalue weighted by atomic mass is 16.5. The predicted octanol–water partition coefficient (Wildman–Crippen LogP) is 4.73. The van der Waals surface area contributed by atoms with Crippen LogP contribution in [0.3, 0.4) is 0 Å². The van der Waals surface area contributed by atoms with Crippen molar-refractivity contribution in [2.45, 2.75) is 19.9 Å². The number of pyridine rings is 1. The van der Waals surface area contributed by atoms with Gasteiger partial charge in [-0.2, -0.15) is 5.10 Å². The number of ketones is 1. The molecule has 2 heterocycles. The van der Waals surface area contributed by atoms with Gasteiger partial charge in [0.05, 0.1) is 30.0 Å². The van der Waals surface area contributed by atoms with Crippen LogP contribution < -0.4 is 4.74 Å². The van der Waals surface area contributed by atoms with Crippen LogP contribution in [-0.2, 0) is 4.74 Å². The number of aromatic nitrogens is 3. The summed E-state index contributed by atoms with van der Waals surface area (Å²) in [7, 11) is 1.53. The number of fused-ring (bicyclic) bond motifs is 1. The summed E-state index contributed by atoms with van der Waals surface area (Å²) in [6.07, 6.45) is 1.61. The number of ether oxygens (including phenoxy) is 2. The summed E-state index contributed by atoms with van der Waals surface area (Å²) in [5.41, 5.74) is 2.82. The van der Waals surface area contributed by atoms with Gasteiger partial charge in [0.15, 0.2) is 18.0 Å². The third kappa shape index (κ3) is 4.23. The number of carbonyl (C=O) groups excluding carboxylic acids is 2. The third-order valence-corrected chi connectivity index (χ3v) is 5.07. The summed E-state index contributed by atoms with van der Waals surface area (Å²) in [4.78, 5) is 30.3. The Kier molecular flexibility index (Phi) is 5.98. The first-order chi connectivity index (χ1) is 15.5. The largest absolute Gasteiger partial charge is 0.497 e. The molecule has 0 saturated carbocycles. The second kappa shape index (κ2) is 9.01.